The Labute approximate surface area is 249 Å². The second-order valence-corrected chi connectivity index (χ2v) is 10.8. The molecule has 0 saturated carbocycles. The fourth-order valence-electron chi connectivity index (χ4n) is 4.35. The van der Waals surface area contributed by atoms with E-state index < -0.39 is 5.97 Å². The lowest BCUT2D eigenvalue weighted by Crippen LogP contribution is -2.20. The number of carboxylic acids is 1. The zero-order valence-electron chi connectivity index (χ0n) is 21.1. The van der Waals surface area contributed by atoms with Crippen molar-refractivity contribution in [1.82, 2.24) is 9.66 Å². The van der Waals surface area contributed by atoms with E-state index in [2.05, 4.69) is 37.0 Å². The van der Waals surface area contributed by atoms with Crippen LogP contribution in [0.25, 0.3) is 33.5 Å². The minimum atomic E-state index is -0.998. The summed E-state index contributed by atoms with van der Waals surface area (Å²) in [6.07, 6.45) is 1.56. The molecule has 6 aromatic rings. The van der Waals surface area contributed by atoms with Gasteiger partial charge in [0.2, 0.25) is 5.82 Å². The molecule has 0 atom stereocenters. The van der Waals surface area contributed by atoms with E-state index >= 15 is 0 Å². The van der Waals surface area contributed by atoms with Crippen LogP contribution in [-0.2, 0) is 6.61 Å². The molecule has 0 aliphatic rings. The van der Waals surface area contributed by atoms with Gasteiger partial charge in [0.25, 0.3) is 5.56 Å². The molecule has 4 aromatic carbocycles. The minimum Gasteiger partial charge on any atom is -0.487 e. The molecular formula is C31H19Br2N3O5. The maximum absolute atomic E-state index is 13.5. The Balaban J connectivity index is 1.34. The predicted octanol–water partition coefficient (Wildman–Crippen LogP) is 7.49. The van der Waals surface area contributed by atoms with Crippen LogP contribution in [0.15, 0.2) is 114 Å². The number of carbonyl (C=O) groups is 1. The van der Waals surface area contributed by atoms with Gasteiger partial charge in [0.05, 0.1) is 31.6 Å². The number of aromatic nitrogens is 2. The number of furan rings is 1. The summed E-state index contributed by atoms with van der Waals surface area (Å²) >= 11 is 7.09. The molecule has 1 N–H and O–H groups in total. The Morgan fingerprint density at radius 2 is 1.73 bits per heavy atom. The molecule has 6 rings (SSSR count). The third-order valence-electron chi connectivity index (χ3n) is 6.30. The molecule has 0 unspecified atom stereocenters. The molecule has 8 nitrogen and oxygen atoms in total. The molecule has 0 bridgehead atoms. The minimum absolute atomic E-state index is 0.171. The lowest BCUT2D eigenvalue weighted by molar-refractivity contribution is 0.0696. The molecule has 202 valence electrons. The van der Waals surface area contributed by atoms with Crippen molar-refractivity contribution < 1.29 is 19.1 Å². The van der Waals surface area contributed by atoms with E-state index in [1.807, 2.05) is 36.4 Å². The number of para-hydroxylation sites is 2. The second-order valence-electron chi connectivity index (χ2n) is 9.07. The summed E-state index contributed by atoms with van der Waals surface area (Å²) in [4.78, 5) is 29.5. The maximum Gasteiger partial charge on any atom is 0.335 e. The Kier molecular flexibility index (Phi) is 7.25. The van der Waals surface area contributed by atoms with E-state index in [-0.39, 0.29) is 23.6 Å². The summed E-state index contributed by atoms with van der Waals surface area (Å²) in [5.74, 6) is 0.240. The molecule has 2 aromatic heterocycles. The Hall–Kier alpha value is -4.54. The van der Waals surface area contributed by atoms with Crippen LogP contribution in [0.2, 0.25) is 0 Å². The number of fused-ring (bicyclic) bond motifs is 2. The van der Waals surface area contributed by atoms with Gasteiger partial charge < -0.3 is 14.3 Å². The third kappa shape index (κ3) is 5.44. The highest BCUT2D eigenvalue weighted by atomic mass is 79.9. The van der Waals surface area contributed by atoms with Gasteiger partial charge in [0.15, 0.2) is 5.76 Å². The zero-order valence-corrected chi connectivity index (χ0v) is 24.3. The van der Waals surface area contributed by atoms with E-state index in [1.165, 1.54) is 10.7 Å². The van der Waals surface area contributed by atoms with Crippen molar-refractivity contribution >= 4 is 65.9 Å². The van der Waals surface area contributed by atoms with E-state index in [0.29, 0.717) is 42.5 Å². The highest BCUT2D eigenvalue weighted by Gasteiger charge is 2.17. The van der Waals surface area contributed by atoms with Crippen LogP contribution in [0, 0.1) is 0 Å². The summed E-state index contributed by atoms with van der Waals surface area (Å²) < 4.78 is 14.5. The van der Waals surface area contributed by atoms with Crippen LogP contribution >= 0.6 is 31.9 Å². The molecule has 0 aliphatic heterocycles. The fourth-order valence-corrected chi connectivity index (χ4v) is 5.80. The molecule has 0 saturated heterocycles. The van der Waals surface area contributed by atoms with Crippen LogP contribution in [-0.4, -0.2) is 27.0 Å². The molecule has 2 heterocycles. The van der Waals surface area contributed by atoms with Crippen LogP contribution in [0.3, 0.4) is 0 Å². The van der Waals surface area contributed by atoms with E-state index in [9.17, 15) is 14.7 Å². The summed E-state index contributed by atoms with van der Waals surface area (Å²) in [5, 5.41) is 15.1. The van der Waals surface area contributed by atoms with Crippen LogP contribution in [0.1, 0.15) is 21.5 Å². The molecule has 41 heavy (non-hydrogen) atoms. The quantitative estimate of drug-likeness (QED) is 0.176. The van der Waals surface area contributed by atoms with E-state index in [4.69, 9.17) is 14.1 Å². The first kappa shape index (κ1) is 26.7. The number of rotatable bonds is 7. The van der Waals surface area contributed by atoms with Crippen molar-refractivity contribution in [3.63, 3.8) is 0 Å². The number of benzene rings is 4. The van der Waals surface area contributed by atoms with E-state index in [0.717, 1.165) is 10.9 Å². The average Bonchev–Trinajstić information content (AvgIpc) is 3.41. The standard InChI is InChI=1S/C31H19Br2N3O5/c32-23-13-19(14-24(33)28(23)40-17-18-6-5-8-21(12-18)31(38)39)16-34-36-29(27-15-20-7-1-4-11-26(20)41-27)35-25-10-3-2-9-22(25)30(36)37/h1-16H,17H2,(H,38,39). The molecule has 0 radical (unpaired) electrons. The normalized spacial score (nSPS) is 11.5. The van der Waals surface area contributed by atoms with Gasteiger partial charge in [-0.3, -0.25) is 4.79 Å². The molecule has 0 amide bonds. The Morgan fingerprint density at radius 3 is 2.51 bits per heavy atom. The number of carboxylic acid groups (broad SMARTS) is 1. The highest BCUT2D eigenvalue weighted by Crippen LogP contribution is 2.35. The first-order valence-electron chi connectivity index (χ1n) is 12.4. The molecule has 10 heteroatoms. The predicted molar refractivity (Wildman–Crippen MR) is 164 cm³/mol. The van der Waals surface area contributed by atoms with Crippen molar-refractivity contribution in [2.24, 2.45) is 5.10 Å². The highest BCUT2D eigenvalue weighted by molar-refractivity contribution is 9.11. The van der Waals surface area contributed by atoms with Gasteiger partial charge in [0, 0.05) is 5.39 Å². The van der Waals surface area contributed by atoms with Gasteiger partial charge in [-0.25, -0.2) is 9.78 Å². The van der Waals surface area contributed by atoms with Crippen LogP contribution in [0.4, 0.5) is 0 Å². The van der Waals surface area contributed by atoms with Crippen molar-refractivity contribution in [1.29, 1.82) is 0 Å². The van der Waals surface area contributed by atoms with E-state index in [1.54, 1.807) is 54.7 Å². The number of nitrogens with zero attached hydrogens (tertiary/aromatic N) is 3. The summed E-state index contributed by atoms with van der Waals surface area (Å²) in [6.45, 7) is 0.171. The molecule has 0 spiro atoms. The number of halogens is 2. The lowest BCUT2D eigenvalue weighted by atomic mass is 10.1. The van der Waals surface area contributed by atoms with Gasteiger partial charge in [-0.1, -0.05) is 42.5 Å². The van der Waals surface area contributed by atoms with Crippen molar-refractivity contribution in [2.45, 2.75) is 6.61 Å². The van der Waals surface area contributed by atoms with Gasteiger partial charge >= 0.3 is 5.97 Å². The number of aromatic carboxylic acids is 1. The largest absolute Gasteiger partial charge is 0.487 e. The number of hydrogen-bond acceptors (Lipinski definition) is 6. The van der Waals surface area contributed by atoms with Gasteiger partial charge in [0.1, 0.15) is 17.9 Å². The smallest absolute Gasteiger partial charge is 0.335 e. The summed E-state index contributed by atoms with van der Waals surface area (Å²) in [5.41, 5.74) is 2.48. The van der Waals surface area contributed by atoms with Gasteiger partial charge in [-0.15, -0.1) is 0 Å². The Morgan fingerprint density at radius 1 is 0.976 bits per heavy atom. The zero-order chi connectivity index (χ0) is 28.5. The lowest BCUT2D eigenvalue weighted by Gasteiger charge is -2.12. The van der Waals surface area contributed by atoms with Crippen molar-refractivity contribution in [3.8, 4) is 17.3 Å². The molecule has 0 fully saturated rings. The van der Waals surface area contributed by atoms with Crippen molar-refractivity contribution in [3.05, 3.63) is 127 Å². The maximum atomic E-state index is 13.5. The Bertz CT molecular complexity index is 1990. The SMILES string of the molecule is O=C(O)c1cccc(COc2c(Br)cc(C=Nn3c(-c4cc5ccccc5o4)nc4ccccc4c3=O)cc2Br)c1. The average molecular weight is 673 g/mol. The van der Waals surface area contributed by atoms with Crippen LogP contribution < -0.4 is 10.3 Å². The number of hydrogen-bond donors (Lipinski definition) is 1. The third-order valence-corrected chi connectivity index (χ3v) is 7.48. The van der Waals surface area contributed by atoms with Gasteiger partial charge in [-0.05, 0) is 91.5 Å². The fraction of sp³-hybridized carbons (Fsp3) is 0.0323. The molecular weight excluding hydrogens is 654 g/mol. The monoisotopic (exact) mass is 671 g/mol. The number of ether oxygens (including phenoxy) is 1. The topological polar surface area (TPSA) is 107 Å². The second kappa shape index (κ2) is 11.1. The first-order valence-corrected chi connectivity index (χ1v) is 13.9. The van der Waals surface area contributed by atoms with Gasteiger partial charge in [-0.2, -0.15) is 9.78 Å². The summed E-state index contributed by atoms with van der Waals surface area (Å²) in [6, 6.07) is 26.7. The van der Waals surface area contributed by atoms with Crippen molar-refractivity contribution in [2.75, 3.05) is 0 Å². The molecule has 0 aliphatic carbocycles. The van der Waals surface area contributed by atoms with Crippen LogP contribution in [0.5, 0.6) is 5.75 Å². The first-order chi connectivity index (χ1) is 19.9. The summed E-state index contributed by atoms with van der Waals surface area (Å²) in [7, 11) is 0.